The van der Waals surface area contributed by atoms with E-state index in [1.807, 2.05) is 0 Å². The first-order valence-corrected chi connectivity index (χ1v) is 7.04. The summed E-state index contributed by atoms with van der Waals surface area (Å²) in [7, 11) is 0. The van der Waals surface area contributed by atoms with Crippen molar-refractivity contribution in [2.24, 2.45) is 0 Å². The summed E-state index contributed by atoms with van der Waals surface area (Å²) in [5.74, 6) is 0. The average molecular weight is 369 g/mol. The number of halogens is 2. The van der Waals surface area contributed by atoms with E-state index < -0.39 is 0 Å². The quantitative estimate of drug-likeness (QED) is 0.725. The average Bonchev–Trinajstić information content (AvgIpc) is 2.65. The van der Waals surface area contributed by atoms with E-state index in [1.54, 1.807) is 0 Å². The second-order valence-corrected chi connectivity index (χ2v) is 5.90. The van der Waals surface area contributed by atoms with Crippen molar-refractivity contribution in [3.63, 3.8) is 0 Å². The van der Waals surface area contributed by atoms with E-state index in [1.165, 1.54) is 44.0 Å². The van der Waals surface area contributed by atoms with Gasteiger partial charge >= 0.3 is 117 Å². The molecule has 0 N–H and O–H groups in total. The Labute approximate surface area is 141 Å². The maximum absolute atomic E-state index is 2.40. The molecule has 97 valence electrons. The zero-order chi connectivity index (χ0) is 11.9. The molecule has 19 heavy (non-hydrogen) atoms. The Morgan fingerprint density at radius 1 is 0.842 bits per heavy atom. The second-order valence-electron chi connectivity index (χ2n) is 4.67. The molecule has 1 aliphatic rings. The zero-order valence-corrected chi connectivity index (χ0v) is 14.7. The molecule has 1 atom stereocenters. The molecule has 3 heteroatoms. The standard InChI is InChI=1S/C16H13.2ClH.Zr/c1-16(15-9-3-2-4-10-15)11-13-7-5-6-8-14(13)12-16;;;/h2-11H,1H3;2*1H;. The Morgan fingerprint density at radius 3 is 2.05 bits per heavy atom. The van der Waals surface area contributed by atoms with Gasteiger partial charge in [-0.15, -0.1) is 24.8 Å². The van der Waals surface area contributed by atoms with Gasteiger partial charge in [-0.25, -0.2) is 0 Å². The largest absolute Gasteiger partial charge is 0.147 e. The van der Waals surface area contributed by atoms with Crippen molar-refractivity contribution in [2.75, 3.05) is 0 Å². The smallest absolute Gasteiger partial charge is 0.147 e. The van der Waals surface area contributed by atoms with Crippen molar-refractivity contribution in [3.8, 4) is 0 Å². The fourth-order valence-electron chi connectivity index (χ4n) is 2.53. The molecule has 0 radical (unpaired) electrons. The minimum Gasteiger partial charge on any atom is -0.147 e. The van der Waals surface area contributed by atoms with Crippen molar-refractivity contribution >= 4 is 34.2 Å². The SMILES string of the molecule is CC1(c2ccccc2)C=c2ccccc2=[C]1[Zr].Cl.Cl. The molecule has 0 spiro atoms. The summed E-state index contributed by atoms with van der Waals surface area (Å²) in [4.78, 5) is 0. The summed E-state index contributed by atoms with van der Waals surface area (Å²) < 4.78 is 1.53. The Kier molecular flexibility index (Phi) is 5.62. The van der Waals surface area contributed by atoms with Gasteiger partial charge in [0.15, 0.2) is 0 Å². The Hall–Kier alpha value is -0.357. The third-order valence-corrected chi connectivity index (χ3v) is 5.51. The van der Waals surface area contributed by atoms with Crippen molar-refractivity contribution in [3.05, 3.63) is 70.6 Å². The first-order chi connectivity index (χ1) is 8.22. The molecule has 0 bridgehead atoms. The molecule has 0 aliphatic heterocycles. The third-order valence-electron chi connectivity index (χ3n) is 3.57. The van der Waals surface area contributed by atoms with Gasteiger partial charge in [0.25, 0.3) is 0 Å². The van der Waals surface area contributed by atoms with Crippen LogP contribution < -0.4 is 10.4 Å². The molecule has 1 unspecified atom stereocenters. The van der Waals surface area contributed by atoms with E-state index in [4.69, 9.17) is 0 Å². The van der Waals surface area contributed by atoms with Crippen LogP contribution in [0.4, 0.5) is 0 Å². The van der Waals surface area contributed by atoms with Crippen molar-refractivity contribution in [1.29, 1.82) is 0 Å². The van der Waals surface area contributed by atoms with Crippen LogP contribution in [0, 0.1) is 0 Å². The van der Waals surface area contributed by atoms with Crippen LogP contribution in [0.5, 0.6) is 0 Å². The molecule has 3 rings (SSSR count). The molecule has 0 heterocycles. The normalized spacial score (nSPS) is 19.7. The fourth-order valence-corrected chi connectivity index (χ4v) is 3.62. The molecule has 0 aromatic heterocycles. The molecule has 2 aromatic carbocycles. The second kappa shape index (κ2) is 6.40. The molecule has 0 amide bonds. The topological polar surface area (TPSA) is 0 Å². The van der Waals surface area contributed by atoms with Crippen LogP contribution in [-0.4, -0.2) is 0 Å². The molecule has 0 fully saturated rings. The van der Waals surface area contributed by atoms with Gasteiger partial charge in [-0.3, -0.25) is 0 Å². The number of hydrogen-bond donors (Lipinski definition) is 0. The van der Waals surface area contributed by atoms with E-state index in [0.29, 0.717) is 0 Å². The molecular formula is C16H15Cl2Zr. The number of fused-ring (bicyclic) bond motifs is 1. The number of benzene rings is 2. The molecule has 0 nitrogen and oxygen atoms in total. The van der Waals surface area contributed by atoms with Gasteiger partial charge in [-0.2, -0.15) is 0 Å². The summed E-state index contributed by atoms with van der Waals surface area (Å²) in [6.45, 7) is 2.33. The van der Waals surface area contributed by atoms with Crippen LogP contribution in [0.2, 0.25) is 0 Å². The summed E-state index contributed by atoms with van der Waals surface area (Å²) in [6.07, 6.45) is 2.40. The molecular weight excluding hydrogens is 354 g/mol. The van der Waals surface area contributed by atoms with Crippen LogP contribution >= 0.6 is 24.8 Å². The maximum atomic E-state index is 2.40. The van der Waals surface area contributed by atoms with Gasteiger partial charge in [0.05, 0.1) is 0 Å². The summed E-state index contributed by atoms with van der Waals surface area (Å²) in [6, 6.07) is 19.5. The van der Waals surface area contributed by atoms with Gasteiger partial charge in [0.2, 0.25) is 0 Å². The van der Waals surface area contributed by atoms with Crippen LogP contribution in [0.1, 0.15) is 12.5 Å². The molecule has 0 saturated carbocycles. The minimum absolute atomic E-state index is 0. The van der Waals surface area contributed by atoms with E-state index >= 15 is 0 Å². The van der Waals surface area contributed by atoms with Gasteiger partial charge in [0.1, 0.15) is 0 Å². The molecule has 0 saturated heterocycles. The monoisotopic (exact) mass is 367 g/mol. The van der Waals surface area contributed by atoms with Crippen molar-refractivity contribution in [1.82, 2.24) is 0 Å². The van der Waals surface area contributed by atoms with Crippen LogP contribution in [0.25, 0.3) is 9.36 Å². The zero-order valence-electron chi connectivity index (χ0n) is 10.6. The number of hydrogen-bond acceptors (Lipinski definition) is 0. The first kappa shape index (κ1) is 16.7. The summed E-state index contributed by atoms with van der Waals surface area (Å²) >= 11 is 1.51. The summed E-state index contributed by atoms with van der Waals surface area (Å²) in [5.41, 5.74) is 1.48. The predicted molar refractivity (Wildman–Crippen MR) is 81.9 cm³/mol. The fraction of sp³-hybridized carbons (Fsp3) is 0.125. The van der Waals surface area contributed by atoms with Crippen LogP contribution in [0.15, 0.2) is 54.6 Å². The van der Waals surface area contributed by atoms with Gasteiger partial charge in [-0.05, 0) is 0 Å². The van der Waals surface area contributed by atoms with E-state index in [-0.39, 0.29) is 30.2 Å². The Morgan fingerprint density at radius 2 is 1.42 bits per heavy atom. The van der Waals surface area contributed by atoms with Gasteiger partial charge in [-0.1, -0.05) is 0 Å². The first-order valence-electron chi connectivity index (χ1n) is 5.82. The van der Waals surface area contributed by atoms with E-state index in [9.17, 15) is 0 Å². The Bertz CT molecular complexity index is 679. The maximum Gasteiger partial charge on any atom is -0.147 e. The minimum atomic E-state index is 0. The predicted octanol–water partition coefficient (Wildman–Crippen LogP) is 2.94. The van der Waals surface area contributed by atoms with Gasteiger partial charge in [0, 0.05) is 0 Å². The summed E-state index contributed by atoms with van der Waals surface area (Å²) in [5, 5.41) is 2.81. The van der Waals surface area contributed by atoms with Crippen LogP contribution in [0.3, 0.4) is 0 Å². The van der Waals surface area contributed by atoms with E-state index in [0.717, 1.165) is 0 Å². The molecule has 1 aliphatic carbocycles. The third kappa shape index (κ3) is 2.75. The van der Waals surface area contributed by atoms with Gasteiger partial charge < -0.3 is 0 Å². The van der Waals surface area contributed by atoms with Crippen molar-refractivity contribution < 1.29 is 24.7 Å². The van der Waals surface area contributed by atoms with Crippen LogP contribution in [-0.2, 0) is 30.1 Å². The Balaban J connectivity index is 0.000000902. The van der Waals surface area contributed by atoms with E-state index in [2.05, 4.69) is 67.6 Å². The number of rotatable bonds is 1. The van der Waals surface area contributed by atoms with Crippen molar-refractivity contribution in [2.45, 2.75) is 12.3 Å². The molecule has 2 aromatic rings.